The number of nitrogens with one attached hydrogen (secondary N) is 1. The Labute approximate surface area is 122 Å². The molecular weight excluding hydrogens is 252 g/mol. The molecule has 0 radical (unpaired) electrons. The van der Waals surface area contributed by atoms with Gasteiger partial charge in [0.2, 0.25) is 0 Å². The fraction of sp³-hybridized carbons (Fsp3) is 0.625. The van der Waals surface area contributed by atoms with Crippen molar-refractivity contribution < 1.29 is 9.47 Å². The minimum atomic E-state index is 0.321. The van der Waals surface area contributed by atoms with E-state index in [-0.39, 0.29) is 0 Å². The van der Waals surface area contributed by atoms with Gasteiger partial charge in [-0.2, -0.15) is 0 Å². The first-order valence-corrected chi connectivity index (χ1v) is 7.50. The molecule has 2 rings (SSSR count). The number of hydrogen-bond acceptors (Lipinski definition) is 4. The number of hydrogen-bond donors (Lipinski definition) is 1. The summed E-state index contributed by atoms with van der Waals surface area (Å²) in [5, 5.41) is 3.49. The molecule has 0 aliphatic carbocycles. The summed E-state index contributed by atoms with van der Waals surface area (Å²) in [6.07, 6.45) is 1.30. The lowest BCUT2D eigenvalue weighted by Crippen LogP contribution is -2.46. The Morgan fingerprint density at radius 2 is 2.25 bits per heavy atom. The fourth-order valence-electron chi connectivity index (χ4n) is 2.59. The predicted octanol–water partition coefficient (Wildman–Crippen LogP) is 1.55. The molecule has 112 valence electrons. The highest BCUT2D eigenvalue weighted by molar-refractivity contribution is 5.33. The van der Waals surface area contributed by atoms with Gasteiger partial charge in [-0.15, -0.1) is 0 Å². The summed E-state index contributed by atoms with van der Waals surface area (Å²) in [4.78, 5) is 2.44. The van der Waals surface area contributed by atoms with Crippen LogP contribution in [-0.4, -0.2) is 57.4 Å². The van der Waals surface area contributed by atoms with Crippen LogP contribution < -0.4 is 10.1 Å². The molecule has 1 N–H and O–H groups in total. The number of methoxy groups -OCH3 is 1. The number of nitrogens with zero attached hydrogens (tertiary/aromatic N) is 1. The zero-order valence-electron chi connectivity index (χ0n) is 12.6. The summed E-state index contributed by atoms with van der Waals surface area (Å²) in [7, 11) is 1.72. The average Bonchev–Trinajstić information content (AvgIpc) is 2.52. The minimum Gasteiger partial charge on any atom is -0.496 e. The molecule has 0 bridgehead atoms. The van der Waals surface area contributed by atoms with E-state index in [1.807, 2.05) is 12.1 Å². The van der Waals surface area contributed by atoms with Crippen LogP contribution in [0.15, 0.2) is 24.3 Å². The van der Waals surface area contributed by atoms with E-state index in [0.29, 0.717) is 6.10 Å². The molecule has 1 aromatic rings. The maximum Gasteiger partial charge on any atom is 0.122 e. The second-order valence-electron chi connectivity index (χ2n) is 5.15. The molecule has 1 fully saturated rings. The molecule has 1 aromatic carbocycles. The summed E-state index contributed by atoms with van der Waals surface area (Å²) in [5.74, 6) is 0.973. The minimum absolute atomic E-state index is 0.321. The molecule has 1 aliphatic heterocycles. The van der Waals surface area contributed by atoms with E-state index in [9.17, 15) is 0 Å². The third-order valence-electron chi connectivity index (χ3n) is 3.81. The Kier molecular flexibility index (Phi) is 6.30. The van der Waals surface area contributed by atoms with E-state index < -0.39 is 0 Å². The molecule has 1 aliphatic rings. The lowest BCUT2D eigenvalue weighted by Gasteiger charge is -2.32. The molecule has 0 amide bonds. The smallest absolute Gasteiger partial charge is 0.122 e. The molecule has 4 nitrogen and oxygen atoms in total. The van der Waals surface area contributed by atoms with E-state index in [1.165, 1.54) is 5.56 Å². The van der Waals surface area contributed by atoms with Crippen LogP contribution in [-0.2, 0) is 11.2 Å². The highest BCUT2D eigenvalue weighted by Crippen LogP contribution is 2.17. The zero-order valence-corrected chi connectivity index (χ0v) is 12.6. The summed E-state index contributed by atoms with van der Waals surface area (Å²) in [6, 6.07) is 8.20. The van der Waals surface area contributed by atoms with Crippen molar-refractivity contribution in [2.24, 2.45) is 0 Å². The van der Waals surface area contributed by atoms with Crippen LogP contribution in [0.1, 0.15) is 12.5 Å². The van der Waals surface area contributed by atoms with Crippen molar-refractivity contribution in [1.29, 1.82) is 0 Å². The number of morpholine rings is 1. The van der Waals surface area contributed by atoms with Gasteiger partial charge in [0.1, 0.15) is 5.75 Å². The highest BCUT2D eigenvalue weighted by Gasteiger charge is 2.18. The number of para-hydroxylation sites is 1. The van der Waals surface area contributed by atoms with E-state index in [0.717, 1.165) is 51.5 Å². The maximum atomic E-state index is 5.78. The van der Waals surface area contributed by atoms with E-state index >= 15 is 0 Å². The third kappa shape index (κ3) is 4.47. The average molecular weight is 278 g/mol. The largest absolute Gasteiger partial charge is 0.496 e. The number of benzene rings is 1. The second-order valence-corrected chi connectivity index (χ2v) is 5.15. The molecule has 1 heterocycles. The Morgan fingerprint density at radius 1 is 1.40 bits per heavy atom. The monoisotopic (exact) mass is 278 g/mol. The Hall–Kier alpha value is -1.10. The maximum absolute atomic E-state index is 5.78. The SMILES string of the molecule is CCN1CCOC(CNCCc2ccccc2OC)C1. The summed E-state index contributed by atoms with van der Waals surface area (Å²) in [5.41, 5.74) is 1.25. The Morgan fingerprint density at radius 3 is 3.05 bits per heavy atom. The first-order chi connectivity index (χ1) is 9.83. The van der Waals surface area contributed by atoms with Crippen molar-refractivity contribution in [3.8, 4) is 5.75 Å². The second kappa shape index (κ2) is 8.25. The number of rotatable bonds is 7. The number of likely N-dealkylation sites (N-methyl/N-ethyl adjacent to an activating group) is 1. The van der Waals surface area contributed by atoms with Crippen LogP contribution in [0.5, 0.6) is 5.75 Å². The van der Waals surface area contributed by atoms with E-state index in [1.54, 1.807) is 7.11 Å². The Bertz CT molecular complexity index is 398. The van der Waals surface area contributed by atoms with Gasteiger partial charge in [0.15, 0.2) is 0 Å². The van der Waals surface area contributed by atoms with Crippen molar-refractivity contribution in [1.82, 2.24) is 10.2 Å². The van der Waals surface area contributed by atoms with Crippen molar-refractivity contribution in [3.63, 3.8) is 0 Å². The lowest BCUT2D eigenvalue weighted by molar-refractivity contribution is -0.0251. The van der Waals surface area contributed by atoms with E-state index in [4.69, 9.17) is 9.47 Å². The van der Waals surface area contributed by atoms with Gasteiger partial charge in [0, 0.05) is 19.6 Å². The summed E-state index contributed by atoms with van der Waals surface area (Å²) in [6.45, 7) is 8.15. The molecule has 0 spiro atoms. The molecule has 0 saturated carbocycles. The van der Waals surface area contributed by atoms with Gasteiger partial charge >= 0.3 is 0 Å². The quantitative estimate of drug-likeness (QED) is 0.767. The van der Waals surface area contributed by atoms with Gasteiger partial charge in [-0.25, -0.2) is 0 Å². The molecule has 4 heteroatoms. The standard InChI is InChI=1S/C16H26N2O2/c1-3-18-10-11-20-15(13-18)12-17-9-8-14-6-4-5-7-16(14)19-2/h4-7,15,17H,3,8-13H2,1-2H3. The first kappa shape index (κ1) is 15.3. The highest BCUT2D eigenvalue weighted by atomic mass is 16.5. The van der Waals surface area contributed by atoms with Gasteiger partial charge in [0.05, 0.1) is 19.8 Å². The zero-order chi connectivity index (χ0) is 14.2. The Balaban J connectivity index is 1.68. The van der Waals surface area contributed by atoms with Gasteiger partial charge < -0.3 is 14.8 Å². The predicted molar refractivity (Wildman–Crippen MR) is 81.4 cm³/mol. The molecule has 1 unspecified atom stereocenters. The van der Waals surface area contributed by atoms with Gasteiger partial charge in [-0.3, -0.25) is 4.90 Å². The van der Waals surface area contributed by atoms with Gasteiger partial charge in [0.25, 0.3) is 0 Å². The van der Waals surface area contributed by atoms with Crippen molar-refractivity contribution >= 4 is 0 Å². The van der Waals surface area contributed by atoms with Gasteiger partial charge in [-0.05, 0) is 31.1 Å². The topological polar surface area (TPSA) is 33.7 Å². The molecule has 20 heavy (non-hydrogen) atoms. The van der Waals surface area contributed by atoms with Crippen LogP contribution >= 0.6 is 0 Å². The van der Waals surface area contributed by atoms with Crippen molar-refractivity contribution in [2.75, 3.05) is 46.4 Å². The fourth-order valence-corrected chi connectivity index (χ4v) is 2.59. The third-order valence-corrected chi connectivity index (χ3v) is 3.81. The molecule has 0 aromatic heterocycles. The lowest BCUT2D eigenvalue weighted by atomic mass is 10.1. The van der Waals surface area contributed by atoms with Crippen LogP contribution in [0.2, 0.25) is 0 Å². The first-order valence-electron chi connectivity index (χ1n) is 7.50. The molecule has 1 atom stereocenters. The van der Waals surface area contributed by atoms with Crippen LogP contribution in [0.25, 0.3) is 0 Å². The summed E-state index contributed by atoms with van der Waals surface area (Å²) < 4.78 is 11.1. The van der Waals surface area contributed by atoms with Crippen LogP contribution in [0.4, 0.5) is 0 Å². The summed E-state index contributed by atoms with van der Waals surface area (Å²) >= 11 is 0. The van der Waals surface area contributed by atoms with Crippen LogP contribution in [0.3, 0.4) is 0 Å². The van der Waals surface area contributed by atoms with Gasteiger partial charge in [-0.1, -0.05) is 25.1 Å². The van der Waals surface area contributed by atoms with Crippen molar-refractivity contribution in [2.45, 2.75) is 19.4 Å². The normalized spacial score (nSPS) is 20.0. The molecular formula is C16H26N2O2. The number of ether oxygens (including phenoxy) is 2. The van der Waals surface area contributed by atoms with Crippen molar-refractivity contribution in [3.05, 3.63) is 29.8 Å². The molecule has 1 saturated heterocycles. The van der Waals surface area contributed by atoms with E-state index in [2.05, 4.69) is 29.3 Å². The van der Waals surface area contributed by atoms with Crippen LogP contribution in [0, 0.1) is 0 Å².